The van der Waals surface area contributed by atoms with Gasteiger partial charge in [-0.05, 0) is 20.8 Å². The first-order chi connectivity index (χ1) is 5.99. The highest BCUT2D eigenvalue weighted by molar-refractivity contribution is 5.85. The van der Waals surface area contributed by atoms with E-state index in [0.29, 0.717) is 0 Å². The minimum absolute atomic E-state index is 0. The van der Waals surface area contributed by atoms with E-state index in [2.05, 4.69) is 10.6 Å². The third-order valence-electron chi connectivity index (χ3n) is 1.89. The van der Waals surface area contributed by atoms with Gasteiger partial charge in [-0.25, -0.2) is 4.79 Å². The van der Waals surface area contributed by atoms with Gasteiger partial charge in [0.05, 0.1) is 0 Å². The van der Waals surface area contributed by atoms with Gasteiger partial charge in [0.1, 0.15) is 0 Å². The van der Waals surface area contributed by atoms with E-state index in [-0.39, 0.29) is 24.0 Å². The molecule has 84 valence electrons. The van der Waals surface area contributed by atoms with Crippen LogP contribution in [0.15, 0.2) is 0 Å². The second-order valence-electron chi connectivity index (χ2n) is 4.42. The summed E-state index contributed by atoms with van der Waals surface area (Å²) < 4.78 is 0. The van der Waals surface area contributed by atoms with E-state index in [1.807, 2.05) is 25.7 Å². The number of nitrogens with zero attached hydrogens (tertiary/aromatic N) is 1. The lowest BCUT2D eigenvalue weighted by atomic mass is 10.1. The Morgan fingerprint density at radius 1 is 1.29 bits per heavy atom. The fraction of sp³-hybridized carbons (Fsp3) is 0.889. The monoisotopic (exact) mass is 221 g/mol. The molecule has 1 saturated heterocycles. The van der Waals surface area contributed by atoms with Crippen LogP contribution in [0.1, 0.15) is 20.8 Å². The van der Waals surface area contributed by atoms with Crippen LogP contribution in [0.3, 0.4) is 0 Å². The lowest BCUT2D eigenvalue weighted by molar-refractivity contribution is 0.181. The van der Waals surface area contributed by atoms with Crippen molar-refractivity contribution < 1.29 is 4.79 Å². The van der Waals surface area contributed by atoms with Crippen molar-refractivity contribution in [2.24, 2.45) is 0 Å². The molecular weight excluding hydrogens is 202 g/mol. The van der Waals surface area contributed by atoms with Crippen LogP contribution in [0.5, 0.6) is 0 Å². The Hall–Kier alpha value is -0.480. The van der Waals surface area contributed by atoms with E-state index >= 15 is 0 Å². The Labute approximate surface area is 91.8 Å². The van der Waals surface area contributed by atoms with Crippen LogP contribution < -0.4 is 10.6 Å². The highest BCUT2D eigenvalue weighted by Gasteiger charge is 2.20. The molecule has 0 saturated carbocycles. The molecule has 0 aliphatic carbocycles. The molecular formula is C9H20ClN3O. The molecule has 0 unspecified atom stereocenters. The van der Waals surface area contributed by atoms with Crippen molar-refractivity contribution in [2.75, 3.05) is 26.2 Å². The number of piperazine rings is 1. The van der Waals surface area contributed by atoms with Gasteiger partial charge in [-0.1, -0.05) is 0 Å². The minimum Gasteiger partial charge on any atom is -0.333 e. The molecule has 0 aromatic heterocycles. The predicted molar refractivity (Wildman–Crippen MR) is 60.0 cm³/mol. The quantitative estimate of drug-likeness (QED) is 0.636. The summed E-state index contributed by atoms with van der Waals surface area (Å²) in [4.78, 5) is 13.4. The molecule has 0 spiro atoms. The first-order valence-corrected chi connectivity index (χ1v) is 4.77. The smallest absolute Gasteiger partial charge is 0.317 e. The summed E-state index contributed by atoms with van der Waals surface area (Å²) in [5, 5.41) is 6.16. The van der Waals surface area contributed by atoms with Gasteiger partial charge in [0.15, 0.2) is 0 Å². The highest BCUT2D eigenvalue weighted by atomic mass is 35.5. The lowest BCUT2D eigenvalue weighted by Crippen LogP contribution is -2.54. The molecule has 5 heteroatoms. The van der Waals surface area contributed by atoms with Gasteiger partial charge in [0.2, 0.25) is 0 Å². The maximum atomic E-state index is 11.6. The number of hydrogen-bond donors (Lipinski definition) is 2. The zero-order valence-electron chi connectivity index (χ0n) is 9.09. The molecule has 0 aromatic rings. The number of halogens is 1. The van der Waals surface area contributed by atoms with Crippen LogP contribution in [0, 0.1) is 0 Å². The number of rotatable bonds is 0. The zero-order chi connectivity index (χ0) is 9.90. The second-order valence-corrected chi connectivity index (χ2v) is 4.42. The van der Waals surface area contributed by atoms with Crippen LogP contribution in [-0.4, -0.2) is 42.6 Å². The van der Waals surface area contributed by atoms with Gasteiger partial charge < -0.3 is 15.5 Å². The first-order valence-electron chi connectivity index (χ1n) is 4.77. The average Bonchev–Trinajstić information content (AvgIpc) is 2.03. The molecule has 2 N–H and O–H groups in total. The van der Waals surface area contributed by atoms with E-state index in [9.17, 15) is 4.79 Å². The maximum absolute atomic E-state index is 11.6. The number of carbonyl (C=O) groups is 1. The van der Waals surface area contributed by atoms with E-state index in [0.717, 1.165) is 26.2 Å². The Bertz CT molecular complexity index is 185. The molecule has 0 aromatic carbocycles. The summed E-state index contributed by atoms with van der Waals surface area (Å²) in [7, 11) is 0. The summed E-state index contributed by atoms with van der Waals surface area (Å²) >= 11 is 0. The SMILES string of the molecule is CC(C)(C)NC(=O)N1CCNCC1.Cl. The van der Waals surface area contributed by atoms with E-state index < -0.39 is 0 Å². The Morgan fingerprint density at radius 2 is 1.79 bits per heavy atom. The number of carbonyl (C=O) groups excluding carboxylic acids is 1. The first kappa shape index (κ1) is 13.5. The van der Waals surface area contributed by atoms with E-state index in [4.69, 9.17) is 0 Å². The van der Waals surface area contributed by atoms with Crippen LogP contribution >= 0.6 is 12.4 Å². The molecule has 2 amide bonds. The standard InChI is InChI=1S/C9H19N3O.ClH/c1-9(2,3)11-8(13)12-6-4-10-5-7-12;/h10H,4-7H2,1-3H3,(H,11,13);1H. The summed E-state index contributed by atoms with van der Waals surface area (Å²) in [6, 6.07) is 0.0500. The molecule has 0 radical (unpaired) electrons. The number of hydrogen-bond acceptors (Lipinski definition) is 2. The Kier molecular flexibility index (Phi) is 5.23. The van der Waals surface area contributed by atoms with Crippen molar-refractivity contribution in [3.05, 3.63) is 0 Å². The van der Waals surface area contributed by atoms with Crippen molar-refractivity contribution in [3.63, 3.8) is 0 Å². The topological polar surface area (TPSA) is 44.4 Å². The number of amides is 2. The molecule has 1 heterocycles. The van der Waals surface area contributed by atoms with Crippen molar-refractivity contribution in [1.29, 1.82) is 0 Å². The number of nitrogens with one attached hydrogen (secondary N) is 2. The van der Waals surface area contributed by atoms with Crippen molar-refractivity contribution in [3.8, 4) is 0 Å². The third-order valence-corrected chi connectivity index (χ3v) is 1.89. The van der Waals surface area contributed by atoms with Crippen molar-refractivity contribution in [1.82, 2.24) is 15.5 Å². The average molecular weight is 222 g/mol. The summed E-state index contributed by atoms with van der Waals surface area (Å²) in [5.74, 6) is 0. The lowest BCUT2D eigenvalue weighted by Gasteiger charge is -2.31. The number of urea groups is 1. The highest BCUT2D eigenvalue weighted by Crippen LogP contribution is 2.01. The van der Waals surface area contributed by atoms with Crippen molar-refractivity contribution >= 4 is 18.4 Å². The van der Waals surface area contributed by atoms with Crippen LogP contribution in [0.2, 0.25) is 0 Å². The Balaban J connectivity index is 0.00000169. The molecule has 1 fully saturated rings. The normalized spacial score (nSPS) is 17.2. The molecule has 0 atom stereocenters. The molecule has 1 aliphatic rings. The van der Waals surface area contributed by atoms with Crippen molar-refractivity contribution in [2.45, 2.75) is 26.3 Å². The third kappa shape index (κ3) is 4.67. The minimum atomic E-state index is -0.137. The van der Waals surface area contributed by atoms with E-state index in [1.165, 1.54) is 0 Å². The van der Waals surface area contributed by atoms with E-state index in [1.54, 1.807) is 0 Å². The van der Waals surface area contributed by atoms with Crippen LogP contribution in [0.25, 0.3) is 0 Å². The summed E-state index contributed by atoms with van der Waals surface area (Å²) in [5.41, 5.74) is -0.137. The van der Waals surface area contributed by atoms with Gasteiger partial charge >= 0.3 is 6.03 Å². The van der Waals surface area contributed by atoms with Gasteiger partial charge in [-0.2, -0.15) is 0 Å². The maximum Gasteiger partial charge on any atom is 0.317 e. The largest absolute Gasteiger partial charge is 0.333 e. The fourth-order valence-corrected chi connectivity index (χ4v) is 1.27. The second kappa shape index (κ2) is 5.41. The molecule has 4 nitrogen and oxygen atoms in total. The van der Waals surface area contributed by atoms with Gasteiger partial charge in [0, 0.05) is 31.7 Å². The zero-order valence-corrected chi connectivity index (χ0v) is 9.91. The molecule has 0 bridgehead atoms. The van der Waals surface area contributed by atoms with Crippen LogP contribution in [-0.2, 0) is 0 Å². The summed E-state index contributed by atoms with van der Waals surface area (Å²) in [6.45, 7) is 9.40. The molecule has 1 rings (SSSR count). The molecule has 14 heavy (non-hydrogen) atoms. The van der Waals surface area contributed by atoms with Crippen LogP contribution in [0.4, 0.5) is 4.79 Å². The predicted octanol–water partition coefficient (Wildman–Crippen LogP) is 0.821. The summed E-state index contributed by atoms with van der Waals surface area (Å²) in [6.07, 6.45) is 0. The van der Waals surface area contributed by atoms with Gasteiger partial charge in [0.25, 0.3) is 0 Å². The van der Waals surface area contributed by atoms with Gasteiger partial charge in [-0.3, -0.25) is 0 Å². The molecule has 1 aliphatic heterocycles. The Morgan fingerprint density at radius 3 is 2.21 bits per heavy atom. The van der Waals surface area contributed by atoms with Gasteiger partial charge in [-0.15, -0.1) is 12.4 Å². The fourth-order valence-electron chi connectivity index (χ4n) is 1.27.